The van der Waals surface area contributed by atoms with Crippen molar-refractivity contribution in [2.24, 2.45) is 0 Å². The van der Waals surface area contributed by atoms with E-state index in [0.29, 0.717) is 22.0 Å². The fourth-order valence-corrected chi connectivity index (χ4v) is 1.69. The smallest absolute Gasteiger partial charge is 0.178 e. The van der Waals surface area contributed by atoms with Gasteiger partial charge >= 0.3 is 0 Å². The molecular weight excluding hydrogens is 228 g/mol. The van der Waals surface area contributed by atoms with Crippen molar-refractivity contribution in [3.63, 3.8) is 0 Å². The number of aromatic nitrogens is 2. The Labute approximate surface area is 97.2 Å². The van der Waals surface area contributed by atoms with Crippen molar-refractivity contribution in [1.82, 2.24) is 9.97 Å². The molecular formula is C11H9ClN2O2. The Morgan fingerprint density at radius 2 is 2.06 bits per heavy atom. The van der Waals surface area contributed by atoms with Crippen molar-refractivity contribution in [2.45, 2.75) is 6.92 Å². The molecule has 0 saturated carbocycles. The van der Waals surface area contributed by atoms with E-state index in [1.54, 1.807) is 19.4 Å². The standard InChI is InChI=1S/C11H9ClN2O2/c1-6(15)11-7-3-10(12)13-4-8(7)9(16-2)5-14-11/h3-5H,1-2H3. The molecule has 0 atom stereocenters. The largest absolute Gasteiger partial charge is 0.494 e. The minimum Gasteiger partial charge on any atom is -0.494 e. The van der Waals surface area contributed by atoms with Crippen molar-refractivity contribution >= 4 is 28.2 Å². The zero-order valence-electron chi connectivity index (χ0n) is 8.82. The molecule has 2 aromatic heterocycles. The highest BCUT2D eigenvalue weighted by molar-refractivity contribution is 6.30. The van der Waals surface area contributed by atoms with Gasteiger partial charge in [-0.2, -0.15) is 0 Å². The quantitative estimate of drug-likeness (QED) is 0.594. The Hall–Kier alpha value is -1.68. The lowest BCUT2D eigenvalue weighted by atomic mass is 10.1. The molecule has 2 heterocycles. The van der Waals surface area contributed by atoms with E-state index in [2.05, 4.69) is 9.97 Å². The predicted octanol–water partition coefficient (Wildman–Crippen LogP) is 2.49. The summed E-state index contributed by atoms with van der Waals surface area (Å²) in [5, 5.41) is 1.71. The number of Topliss-reactive ketones (excluding diaryl/α,β-unsaturated/α-hetero) is 1. The molecule has 2 aromatic rings. The first kappa shape index (κ1) is 10.8. The van der Waals surface area contributed by atoms with Gasteiger partial charge in [0.05, 0.1) is 13.3 Å². The first-order chi connectivity index (χ1) is 7.63. The molecule has 2 rings (SSSR count). The Balaban J connectivity index is 2.85. The summed E-state index contributed by atoms with van der Waals surface area (Å²) < 4.78 is 5.15. The Kier molecular flexibility index (Phi) is 2.75. The van der Waals surface area contributed by atoms with Crippen molar-refractivity contribution < 1.29 is 9.53 Å². The maximum Gasteiger partial charge on any atom is 0.178 e. The number of methoxy groups -OCH3 is 1. The van der Waals surface area contributed by atoms with Crippen LogP contribution in [0.3, 0.4) is 0 Å². The third-order valence-corrected chi connectivity index (χ3v) is 2.46. The molecule has 0 unspecified atom stereocenters. The number of hydrogen-bond acceptors (Lipinski definition) is 4. The molecule has 5 heteroatoms. The number of fused-ring (bicyclic) bond motifs is 1. The van der Waals surface area contributed by atoms with Gasteiger partial charge in [0.15, 0.2) is 5.78 Å². The Morgan fingerprint density at radius 1 is 1.31 bits per heavy atom. The average Bonchev–Trinajstić information content (AvgIpc) is 2.26. The maximum atomic E-state index is 11.4. The monoisotopic (exact) mass is 236 g/mol. The van der Waals surface area contributed by atoms with Crippen LogP contribution < -0.4 is 4.74 Å². The van der Waals surface area contributed by atoms with Gasteiger partial charge in [-0.1, -0.05) is 11.6 Å². The predicted molar refractivity (Wildman–Crippen MR) is 61.1 cm³/mol. The summed E-state index contributed by atoms with van der Waals surface area (Å²) in [6, 6.07) is 1.61. The van der Waals surface area contributed by atoms with Gasteiger partial charge in [-0.25, -0.2) is 9.97 Å². The van der Waals surface area contributed by atoms with Crippen LogP contribution in [-0.4, -0.2) is 22.9 Å². The molecule has 0 aliphatic heterocycles. The minimum atomic E-state index is -0.116. The summed E-state index contributed by atoms with van der Waals surface area (Å²) in [4.78, 5) is 19.4. The fourth-order valence-electron chi connectivity index (χ4n) is 1.53. The van der Waals surface area contributed by atoms with Gasteiger partial charge in [-0.15, -0.1) is 0 Å². The van der Waals surface area contributed by atoms with Crippen LogP contribution in [0.1, 0.15) is 17.4 Å². The molecule has 0 aromatic carbocycles. The van der Waals surface area contributed by atoms with Gasteiger partial charge in [0.25, 0.3) is 0 Å². The summed E-state index contributed by atoms with van der Waals surface area (Å²) in [7, 11) is 1.54. The first-order valence-electron chi connectivity index (χ1n) is 4.62. The Bertz CT molecular complexity index is 569. The number of rotatable bonds is 2. The zero-order valence-corrected chi connectivity index (χ0v) is 9.58. The van der Waals surface area contributed by atoms with E-state index >= 15 is 0 Å². The number of ketones is 1. The van der Waals surface area contributed by atoms with Gasteiger partial charge in [-0.05, 0) is 6.07 Å². The normalized spacial score (nSPS) is 10.4. The molecule has 0 saturated heterocycles. The lowest BCUT2D eigenvalue weighted by molar-refractivity contribution is 0.101. The van der Waals surface area contributed by atoms with Crippen molar-refractivity contribution in [3.8, 4) is 5.75 Å². The molecule has 4 nitrogen and oxygen atoms in total. The van der Waals surface area contributed by atoms with E-state index in [4.69, 9.17) is 16.3 Å². The number of carbonyl (C=O) groups is 1. The van der Waals surface area contributed by atoms with Crippen molar-refractivity contribution in [1.29, 1.82) is 0 Å². The Morgan fingerprint density at radius 3 is 2.69 bits per heavy atom. The van der Waals surface area contributed by atoms with Crippen LogP contribution in [0.25, 0.3) is 10.8 Å². The molecule has 0 N–H and O–H groups in total. The van der Waals surface area contributed by atoms with Crippen LogP contribution in [-0.2, 0) is 0 Å². The zero-order chi connectivity index (χ0) is 11.7. The molecule has 0 radical (unpaired) electrons. The lowest BCUT2D eigenvalue weighted by Crippen LogP contribution is -2.00. The van der Waals surface area contributed by atoms with Crippen LogP contribution in [0.2, 0.25) is 5.15 Å². The average molecular weight is 237 g/mol. The van der Waals surface area contributed by atoms with E-state index in [9.17, 15) is 4.79 Å². The van der Waals surface area contributed by atoms with Crippen LogP contribution in [0.5, 0.6) is 5.75 Å². The summed E-state index contributed by atoms with van der Waals surface area (Å²) in [6.45, 7) is 1.46. The number of hydrogen-bond donors (Lipinski definition) is 0. The second-order valence-corrected chi connectivity index (χ2v) is 3.67. The topological polar surface area (TPSA) is 52.1 Å². The highest BCUT2D eigenvalue weighted by atomic mass is 35.5. The molecule has 0 aliphatic carbocycles. The molecule has 0 spiro atoms. The van der Waals surface area contributed by atoms with Crippen LogP contribution in [0, 0.1) is 0 Å². The second kappa shape index (κ2) is 4.06. The van der Waals surface area contributed by atoms with Crippen LogP contribution >= 0.6 is 11.6 Å². The second-order valence-electron chi connectivity index (χ2n) is 3.28. The van der Waals surface area contributed by atoms with Gasteiger partial charge in [0, 0.05) is 23.9 Å². The highest BCUT2D eigenvalue weighted by Gasteiger charge is 2.12. The minimum absolute atomic E-state index is 0.116. The van der Waals surface area contributed by atoms with Gasteiger partial charge in [0.1, 0.15) is 16.6 Å². The molecule has 0 aliphatic rings. The van der Waals surface area contributed by atoms with E-state index < -0.39 is 0 Å². The van der Waals surface area contributed by atoms with Crippen LogP contribution in [0.4, 0.5) is 0 Å². The third kappa shape index (κ3) is 1.72. The molecule has 0 fully saturated rings. The summed E-state index contributed by atoms with van der Waals surface area (Å²) in [5.74, 6) is 0.457. The fraction of sp³-hybridized carbons (Fsp3) is 0.182. The molecule has 16 heavy (non-hydrogen) atoms. The van der Waals surface area contributed by atoms with E-state index in [-0.39, 0.29) is 5.78 Å². The van der Waals surface area contributed by atoms with Crippen LogP contribution in [0.15, 0.2) is 18.5 Å². The van der Waals surface area contributed by atoms with Crippen molar-refractivity contribution in [3.05, 3.63) is 29.3 Å². The lowest BCUT2D eigenvalue weighted by Gasteiger charge is -2.07. The molecule has 82 valence electrons. The maximum absolute atomic E-state index is 11.4. The third-order valence-electron chi connectivity index (χ3n) is 2.26. The van der Waals surface area contributed by atoms with E-state index in [1.807, 2.05) is 0 Å². The van der Waals surface area contributed by atoms with E-state index in [1.165, 1.54) is 13.1 Å². The highest BCUT2D eigenvalue weighted by Crippen LogP contribution is 2.27. The number of halogens is 1. The molecule has 0 amide bonds. The van der Waals surface area contributed by atoms with Gasteiger partial charge in [-0.3, -0.25) is 4.79 Å². The number of nitrogens with zero attached hydrogens (tertiary/aromatic N) is 2. The summed E-state index contributed by atoms with van der Waals surface area (Å²) in [5.41, 5.74) is 0.375. The van der Waals surface area contributed by atoms with Gasteiger partial charge < -0.3 is 4.74 Å². The number of pyridine rings is 2. The number of ether oxygens (including phenoxy) is 1. The van der Waals surface area contributed by atoms with Crippen molar-refractivity contribution in [2.75, 3.05) is 7.11 Å². The SMILES string of the molecule is COc1cnc(C(C)=O)c2cc(Cl)ncc12. The van der Waals surface area contributed by atoms with Gasteiger partial charge in [0.2, 0.25) is 0 Å². The summed E-state index contributed by atoms with van der Waals surface area (Å²) >= 11 is 5.80. The first-order valence-corrected chi connectivity index (χ1v) is 5.00. The molecule has 0 bridgehead atoms. The number of carbonyl (C=O) groups excluding carboxylic acids is 1. The summed E-state index contributed by atoms with van der Waals surface area (Å²) in [6.07, 6.45) is 3.08. The van der Waals surface area contributed by atoms with E-state index in [0.717, 1.165) is 5.39 Å².